The van der Waals surface area contributed by atoms with Gasteiger partial charge in [-0.25, -0.2) is 0 Å². The predicted molar refractivity (Wildman–Crippen MR) is 58.3 cm³/mol. The first-order chi connectivity index (χ1) is 7.65. The Labute approximate surface area is 110 Å². The van der Waals surface area contributed by atoms with E-state index in [-0.39, 0.29) is 11.6 Å². The monoisotopic (exact) mass is 420 g/mol. The van der Waals surface area contributed by atoms with Crippen molar-refractivity contribution in [3.63, 3.8) is 0 Å². The van der Waals surface area contributed by atoms with Gasteiger partial charge in [-0.05, 0) is 0 Å². The molecule has 2 rings (SSSR count). The molecular weight excluding hydrogens is 412 g/mol. The molecule has 1 aliphatic rings. The van der Waals surface area contributed by atoms with E-state index in [1.165, 1.54) is 21.3 Å². The summed E-state index contributed by atoms with van der Waals surface area (Å²) in [5.74, 6) is -0.0835. The van der Waals surface area contributed by atoms with Crippen molar-refractivity contribution in [3.05, 3.63) is 50.6 Å². The summed E-state index contributed by atoms with van der Waals surface area (Å²) in [4.78, 5) is 22.7. The van der Waals surface area contributed by atoms with Gasteiger partial charge in [-0.2, -0.15) is 0 Å². The third kappa shape index (κ3) is 2.89. The van der Waals surface area contributed by atoms with Crippen LogP contribution in [0.15, 0.2) is 45.6 Å². The van der Waals surface area contributed by atoms with E-state index in [1.807, 2.05) is 24.3 Å². The summed E-state index contributed by atoms with van der Waals surface area (Å²) in [6, 6.07) is 7.53. The van der Waals surface area contributed by atoms with Crippen LogP contribution in [-0.4, -0.2) is 11.6 Å². The van der Waals surface area contributed by atoms with Crippen molar-refractivity contribution in [2.45, 2.75) is 0 Å². The summed E-state index contributed by atoms with van der Waals surface area (Å²) in [6.45, 7) is 0. The Morgan fingerprint density at radius 2 is 1.69 bits per heavy atom. The van der Waals surface area contributed by atoms with Crippen molar-refractivity contribution >= 4 is 26.2 Å². The first-order valence-electron chi connectivity index (χ1n) is 4.86. The van der Waals surface area contributed by atoms with Gasteiger partial charge in [0.05, 0.1) is 0 Å². The number of hydrogen-bond acceptors (Lipinski definition) is 2. The topological polar surface area (TPSA) is 34.1 Å². The Morgan fingerprint density at radius 3 is 2.38 bits per heavy atom. The van der Waals surface area contributed by atoms with Gasteiger partial charge in [0.25, 0.3) is 0 Å². The standard InChI is InChI=1S/C6H4Cl.C6H3O2.Hg/c7-6-4-2-1-3-5-6;7-5-1-2-6(8)4-3-5;/h2-5H;1-3H;. The maximum atomic E-state index is 11.5. The first kappa shape index (κ1) is 11.7. The molecule has 0 amide bonds. The molecule has 0 heterocycles. The normalized spacial score (nSPS) is 14.7. The second-order valence-corrected chi connectivity index (χ2v) is 11.5. The number of allylic oxidation sites excluding steroid dienone is 4. The molecule has 4 heteroatoms. The number of rotatable bonds is 2. The molecule has 0 saturated heterocycles. The molecular formula is C12H7ClHgO2. The maximum absolute atomic E-state index is 11.5. The van der Waals surface area contributed by atoms with Crippen molar-refractivity contribution in [2.75, 3.05) is 0 Å². The van der Waals surface area contributed by atoms with Crippen molar-refractivity contribution in [2.24, 2.45) is 0 Å². The number of benzene rings is 1. The van der Waals surface area contributed by atoms with E-state index in [0.29, 0.717) is 5.02 Å². The Morgan fingerprint density at radius 1 is 1.00 bits per heavy atom. The van der Waals surface area contributed by atoms with E-state index < -0.39 is 24.6 Å². The van der Waals surface area contributed by atoms with Crippen LogP contribution in [-0.2, 0) is 34.2 Å². The molecule has 1 aliphatic carbocycles. The van der Waals surface area contributed by atoms with E-state index in [1.54, 1.807) is 0 Å². The molecule has 0 N–H and O–H groups in total. The van der Waals surface area contributed by atoms with Crippen LogP contribution in [0.1, 0.15) is 0 Å². The van der Waals surface area contributed by atoms with Crippen LogP contribution in [0.2, 0.25) is 5.02 Å². The van der Waals surface area contributed by atoms with Gasteiger partial charge in [-0.1, -0.05) is 0 Å². The van der Waals surface area contributed by atoms with E-state index in [2.05, 4.69) is 0 Å². The third-order valence-corrected chi connectivity index (χ3v) is 9.64. The SMILES string of the molecule is O=C1C=CC(=O)[C]([Hg][c]2ccc(Cl)cc2)=C1. The average Bonchev–Trinajstić information content (AvgIpc) is 2.27. The zero-order chi connectivity index (χ0) is 11.5. The summed E-state index contributed by atoms with van der Waals surface area (Å²) >= 11 is 4.11. The molecule has 76 valence electrons. The van der Waals surface area contributed by atoms with Gasteiger partial charge >= 0.3 is 111 Å². The molecule has 0 fully saturated rings. The number of ketones is 2. The van der Waals surface area contributed by atoms with Gasteiger partial charge < -0.3 is 0 Å². The van der Waals surface area contributed by atoms with E-state index >= 15 is 0 Å². The summed E-state index contributed by atoms with van der Waals surface area (Å²) < 4.78 is 1.93. The van der Waals surface area contributed by atoms with Gasteiger partial charge in [0.15, 0.2) is 0 Å². The van der Waals surface area contributed by atoms with Gasteiger partial charge in [0, 0.05) is 0 Å². The van der Waals surface area contributed by atoms with Gasteiger partial charge in [-0.3, -0.25) is 0 Å². The third-order valence-electron chi connectivity index (χ3n) is 2.34. The Kier molecular flexibility index (Phi) is 3.72. The summed E-state index contributed by atoms with van der Waals surface area (Å²) in [5, 5.41) is 0.692. The molecule has 0 radical (unpaired) electrons. The molecule has 16 heavy (non-hydrogen) atoms. The molecule has 0 unspecified atom stereocenters. The van der Waals surface area contributed by atoms with E-state index in [4.69, 9.17) is 11.6 Å². The predicted octanol–water partition coefficient (Wildman–Crippen LogP) is 1.64. The molecule has 0 atom stereocenters. The fraction of sp³-hybridized carbons (Fsp3) is 0. The van der Waals surface area contributed by atoms with Crippen molar-refractivity contribution < 1.29 is 34.2 Å². The Hall–Kier alpha value is -0.735. The summed E-state index contributed by atoms with van der Waals surface area (Å²) in [5.41, 5.74) is 0. The van der Waals surface area contributed by atoms with Crippen molar-refractivity contribution in [1.82, 2.24) is 0 Å². The van der Waals surface area contributed by atoms with Crippen LogP contribution in [0.3, 0.4) is 0 Å². The molecule has 2 nitrogen and oxygen atoms in total. The Bertz CT molecular complexity index is 500. The zero-order valence-corrected chi connectivity index (χ0v) is 14.7. The molecule has 0 aromatic heterocycles. The number of carbonyl (C=O) groups excluding carboxylic acids is 2. The van der Waals surface area contributed by atoms with Gasteiger partial charge in [0.2, 0.25) is 0 Å². The second kappa shape index (κ2) is 5.06. The van der Waals surface area contributed by atoms with Gasteiger partial charge in [0.1, 0.15) is 0 Å². The minimum atomic E-state index is -1.67. The van der Waals surface area contributed by atoms with Crippen LogP contribution in [0.25, 0.3) is 0 Å². The fourth-order valence-corrected chi connectivity index (χ4v) is 7.50. The molecule has 0 bridgehead atoms. The van der Waals surface area contributed by atoms with Crippen LogP contribution in [0, 0.1) is 0 Å². The summed E-state index contributed by atoms with van der Waals surface area (Å²) in [6.07, 6.45) is 4.17. The molecule has 0 saturated carbocycles. The van der Waals surface area contributed by atoms with Gasteiger partial charge in [-0.15, -0.1) is 0 Å². The average molecular weight is 419 g/mol. The quantitative estimate of drug-likeness (QED) is 0.540. The van der Waals surface area contributed by atoms with E-state index in [9.17, 15) is 9.59 Å². The molecule has 1 aromatic rings. The van der Waals surface area contributed by atoms with Crippen LogP contribution in [0.5, 0.6) is 0 Å². The zero-order valence-electron chi connectivity index (χ0n) is 8.44. The molecule has 0 spiro atoms. The van der Waals surface area contributed by atoms with Crippen molar-refractivity contribution in [3.8, 4) is 0 Å². The van der Waals surface area contributed by atoms with E-state index in [0.717, 1.165) is 3.08 Å². The minimum absolute atomic E-state index is 0.00350. The second-order valence-electron chi connectivity index (χ2n) is 3.57. The van der Waals surface area contributed by atoms with Crippen LogP contribution < -0.4 is 3.07 Å². The number of halogens is 1. The number of carbonyl (C=O) groups is 2. The Balaban J connectivity index is 2.18. The fourth-order valence-electron chi connectivity index (χ4n) is 1.52. The molecule has 0 aliphatic heterocycles. The summed E-state index contributed by atoms with van der Waals surface area (Å²) in [7, 11) is 0. The molecule has 1 aromatic carbocycles. The van der Waals surface area contributed by atoms with Crippen LogP contribution in [0.4, 0.5) is 0 Å². The van der Waals surface area contributed by atoms with Crippen molar-refractivity contribution in [1.29, 1.82) is 0 Å². The number of hydrogen-bond donors (Lipinski definition) is 0. The van der Waals surface area contributed by atoms with Crippen LogP contribution >= 0.6 is 11.6 Å². The first-order valence-corrected chi connectivity index (χ1v) is 10.7.